The number of anilines is 2. The zero-order valence-corrected chi connectivity index (χ0v) is 20.1. The highest BCUT2D eigenvalue weighted by molar-refractivity contribution is 8.00. The largest absolute Gasteiger partial charge is 0.383 e. The van der Waals surface area contributed by atoms with Crippen molar-refractivity contribution in [1.82, 2.24) is 9.55 Å². The van der Waals surface area contributed by atoms with Crippen LogP contribution in [0.4, 0.5) is 11.5 Å². The molecule has 0 saturated heterocycles. The number of H-pyrrole nitrogens is 1. The smallest absolute Gasteiger partial charge is 0.330 e. The number of nitrogens with zero attached hydrogens (tertiary/aromatic N) is 2. The van der Waals surface area contributed by atoms with E-state index in [1.165, 1.54) is 21.2 Å². The summed E-state index contributed by atoms with van der Waals surface area (Å²) in [5.74, 6) is -0.235. The summed E-state index contributed by atoms with van der Waals surface area (Å²) >= 11 is 1.38. The van der Waals surface area contributed by atoms with Gasteiger partial charge in [-0.1, -0.05) is 78.4 Å². The molecule has 0 aliphatic carbocycles. The van der Waals surface area contributed by atoms with Crippen LogP contribution in [0, 0.1) is 6.92 Å². The highest BCUT2D eigenvalue weighted by Gasteiger charge is 2.25. The van der Waals surface area contributed by atoms with Crippen LogP contribution in [0.15, 0.2) is 99.4 Å². The Labute approximate surface area is 207 Å². The highest BCUT2D eigenvalue weighted by Crippen LogP contribution is 2.24. The van der Waals surface area contributed by atoms with Crippen LogP contribution in [-0.4, -0.2) is 21.2 Å². The van der Waals surface area contributed by atoms with Gasteiger partial charge in [0.15, 0.2) is 5.69 Å². The number of nitrogen functional groups attached to an aromatic ring is 1. The van der Waals surface area contributed by atoms with E-state index in [1.807, 2.05) is 91.9 Å². The van der Waals surface area contributed by atoms with Crippen LogP contribution in [0.3, 0.4) is 0 Å². The number of hydrogen-bond acceptors (Lipinski definition) is 5. The number of thioether (sulfide) groups is 1. The maximum atomic E-state index is 13.5. The van der Waals surface area contributed by atoms with Crippen LogP contribution in [0.25, 0.3) is 0 Å². The van der Waals surface area contributed by atoms with Crippen molar-refractivity contribution >= 4 is 29.2 Å². The third-order valence-corrected chi connectivity index (χ3v) is 6.53. The minimum atomic E-state index is -0.693. The van der Waals surface area contributed by atoms with Crippen LogP contribution in [0.1, 0.15) is 16.7 Å². The van der Waals surface area contributed by atoms with Gasteiger partial charge in [0.1, 0.15) is 5.82 Å². The van der Waals surface area contributed by atoms with Crippen LogP contribution >= 0.6 is 11.8 Å². The van der Waals surface area contributed by atoms with Crippen molar-refractivity contribution in [2.75, 3.05) is 16.4 Å². The molecular weight excluding hydrogens is 460 g/mol. The maximum absolute atomic E-state index is 13.5. The molecule has 0 fully saturated rings. The standard InChI is InChI=1S/C27H26N4O3S/c1-19-12-14-22(15-13-19)35-18-23(32)30(16-20-8-4-2-5-9-20)24-25(28)31(27(34)29-26(24)33)17-21-10-6-3-7-11-21/h2-15H,16-18,28H2,1H3,(H,29,33,34). The molecule has 8 heteroatoms. The van der Waals surface area contributed by atoms with Gasteiger partial charge in [-0.25, -0.2) is 4.79 Å². The predicted octanol–water partition coefficient (Wildman–Crippen LogP) is 3.80. The van der Waals surface area contributed by atoms with Gasteiger partial charge >= 0.3 is 5.69 Å². The average Bonchev–Trinajstić information content (AvgIpc) is 2.86. The molecule has 1 heterocycles. The van der Waals surface area contributed by atoms with Gasteiger partial charge in [0.25, 0.3) is 5.56 Å². The van der Waals surface area contributed by atoms with E-state index in [2.05, 4.69) is 4.98 Å². The minimum Gasteiger partial charge on any atom is -0.383 e. The Morgan fingerprint density at radius 3 is 2.14 bits per heavy atom. The lowest BCUT2D eigenvalue weighted by atomic mass is 10.2. The second-order valence-corrected chi connectivity index (χ2v) is 9.18. The van der Waals surface area contributed by atoms with Crippen molar-refractivity contribution in [2.45, 2.75) is 24.9 Å². The van der Waals surface area contributed by atoms with Crippen LogP contribution in [0.2, 0.25) is 0 Å². The highest BCUT2D eigenvalue weighted by atomic mass is 32.2. The van der Waals surface area contributed by atoms with Crippen LogP contribution in [0.5, 0.6) is 0 Å². The number of carbonyl (C=O) groups excluding carboxylic acids is 1. The fourth-order valence-corrected chi connectivity index (χ4v) is 4.45. The number of carbonyl (C=O) groups is 1. The SMILES string of the molecule is Cc1ccc(SCC(=O)N(Cc2ccccc2)c2c(N)n(Cc3ccccc3)c(=O)[nH]c2=O)cc1. The summed E-state index contributed by atoms with van der Waals surface area (Å²) in [6.45, 7) is 2.31. The molecule has 0 aliphatic heterocycles. The van der Waals surface area contributed by atoms with Crippen molar-refractivity contribution in [3.8, 4) is 0 Å². The molecule has 4 aromatic rings. The van der Waals surface area contributed by atoms with E-state index < -0.39 is 11.2 Å². The van der Waals surface area contributed by atoms with Gasteiger partial charge in [0.2, 0.25) is 5.91 Å². The van der Waals surface area contributed by atoms with Gasteiger partial charge in [-0.05, 0) is 30.2 Å². The summed E-state index contributed by atoms with van der Waals surface area (Å²) in [5.41, 5.74) is 7.85. The molecule has 0 atom stereocenters. The van der Waals surface area contributed by atoms with Crippen molar-refractivity contribution < 1.29 is 4.79 Å². The molecule has 4 rings (SSSR count). The fraction of sp³-hybridized carbons (Fsp3) is 0.148. The van der Waals surface area contributed by atoms with Gasteiger partial charge in [0, 0.05) is 4.90 Å². The molecular formula is C27H26N4O3S. The van der Waals surface area contributed by atoms with Gasteiger partial charge in [-0.3, -0.25) is 24.0 Å². The Hall–Kier alpha value is -4.04. The molecule has 1 amide bonds. The number of aromatic amines is 1. The summed E-state index contributed by atoms with van der Waals surface area (Å²) in [6, 6.07) is 26.5. The number of nitrogens with two attached hydrogens (primary N) is 1. The van der Waals surface area contributed by atoms with E-state index in [-0.39, 0.29) is 36.3 Å². The number of aromatic nitrogens is 2. The van der Waals surface area contributed by atoms with E-state index in [9.17, 15) is 14.4 Å². The average molecular weight is 487 g/mol. The van der Waals surface area contributed by atoms with E-state index >= 15 is 0 Å². The number of hydrogen-bond donors (Lipinski definition) is 2. The first kappa shape index (κ1) is 24.1. The molecule has 0 bridgehead atoms. The molecule has 0 saturated carbocycles. The Bertz CT molecular complexity index is 1420. The van der Waals surface area contributed by atoms with Crippen molar-refractivity contribution in [3.05, 3.63) is 122 Å². The van der Waals surface area contributed by atoms with Gasteiger partial charge in [-0.2, -0.15) is 0 Å². The lowest BCUT2D eigenvalue weighted by Crippen LogP contribution is -2.41. The fourth-order valence-electron chi connectivity index (χ4n) is 3.68. The summed E-state index contributed by atoms with van der Waals surface area (Å²) in [5, 5.41) is 0. The number of amides is 1. The van der Waals surface area contributed by atoms with E-state index in [1.54, 1.807) is 0 Å². The van der Waals surface area contributed by atoms with Crippen LogP contribution < -0.4 is 21.9 Å². The van der Waals surface area contributed by atoms with Gasteiger partial charge in [0.05, 0.1) is 18.8 Å². The predicted molar refractivity (Wildman–Crippen MR) is 141 cm³/mol. The molecule has 3 aromatic carbocycles. The Morgan fingerprint density at radius 2 is 1.51 bits per heavy atom. The second-order valence-electron chi connectivity index (χ2n) is 8.13. The second kappa shape index (κ2) is 10.9. The normalized spacial score (nSPS) is 10.8. The minimum absolute atomic E-state index is 0.0288. The molecule has 0 spiro atoms. The first-order valence-corrected chi connectivity index (χ1v) is 12.1. The Balaban J connectivity index is 1.71. The molecule has 3 N–H and O–H groups in total. The molecule has 0 aliphatic rings. The van der Waals surface area contributed by atoms with Crippen molar-refractivity contribution in [2.24, 2.45) is 0 Å². The zero-order valence-electron chi connectivity index (χ0n) is 19.3. The number of benzene rings is 3. The molecule has 7 nitrogen and oxygen atoms in total. The topological polar surface area (TPSA) is 101 Å². The van der Waals surface area contributed by atoms with Gasteiger partial charge < -0.3 is 5.73 Å². The van der Waals surface area contributed by atoms with Crippen molar-refractivity contribution in [3.63, 3.8) is 0 Å². The summed E-state index contributed by atoms with van der Waals surface area (Å²) in [6.07, 6.45) is 0. The summed E-state index contributed by atoms with van der Waals surface area (Å²) < 4.78 is 1.28. The Kier molecular flexibility index (Phi) is 7.52. The maximum Gasteiger partial charge on any atom is 0.330 e. The monoisotopic (exact) mass is 486 g/mol. The van der Waals surface area contributed by atoms with Crippen LogP contribution in [-0.2, 0) is 17.9 Å². The van der Waals surface area contributed by atoms with E-state index in [0.29, 0.717) is 0 Å². The first-order valence-electron chi connectivity index (χ1n) is 11.1. The summed E-state index contributed by atoms with van der Waals surface area (Å²) in [4.78, 5) is 43.7. The number of nitrogens with one attached hydrogen (secondary N) is 1. The number of rotatable bonds is 8. The third kappa shape index (κ3) is 5.91. The van der Waals surface area contributed by atoms with E-state index in [0.717, 1.165) is 21.6 Å². The lowest BCUT2D eigenvalue weighted by molar-refractivity contribution is -0.116. The molecule has 1 aromatic heterocycles. The lowest BCUT2D eigenvalue weighted by Gasteiger charge is -2.25. The zero-order chi connectivity index (χ0) is 24.8. The summed E-state index contributed by atoms with van der Waals surface area (Å²) in [7, 11) is 0. The molecule has 178 valence electrons. The molecule has 0 radical (unpaired) electrons. The number of aryl methyl sites for hydroxylation is 1. The van der Waals surface area contributed by atoms with Gasteiger partial charge in [-0.15, -0.1) is 11.8 Å². The molecule has 35 heavy (non-hydrogen) atoms. The Morgan fingerprint density at radius 1 is 0.914 bits per heavy atom. The van der Waals surface area contributed by atoms with Crippen molar-refractivity contribution in [1.29, 1.82) is 0 Å². The molecule has 0 unspecified atom stereocenters. The third-order valence-electron chi connectivity index (χ3n) is 5.54. The van der Waals surface area contributed by atoms with E-state index in [4.69, 9.17) is 5.73 Å². The quantitative estimate of drug-likeness (QED) is 0.369. The first-order chi connectivity index (χ1) is 16.9.